The van der Waals surface area contributed by atoms with Gasteiger partial charge < -0.3 is 6.08 Å². The SMILES string of the molecule is [C-]1=CCCC1.[W]. The predicted octanol–water partition coefficient (Wildman–Crippen LogP) is 1.53. The Bertz CT molecular complexity index is 41.9. The number of allylic oxidation sites excluding steroid dienone is 2. The second-order valence-electron chi connectivity index (χ2n) is 1.30. The van der Waals surface area contributed by atoms with Crippen LogP contribution in [0.25, 0.3) is 0 Å². The van der Waals surface area contributed by atoms with Gasteiger partial charge in [0.2, 0.25) is 0 Å². The molecule has 0 radical (unpaired) electrons. The molecule has 0 saturated heterocycles. The van der Waals surface area contributed by atoms with Gasteiger partial charge in [0.1, 0.15) is 0 Å². The van der Waals surface area contributed by atoms with Crippen molar-refractivity contribution in [2.24, 2.45) is 0 Å². The summed E-state index contributed by atoms with van der Waals surface area (Å²) in [6.07, 6.45) is 9.00. The zero-order valence-electron chi connectivity index (χ0n) is 3.61. The van der Waals surface area contributed by atoms with Crippen molar-refractivity contribution < 1.29 is 21.1 Å². The van der Waals surface area contributed by atoms with Crippen LogP contribution in [0.2, 0.25) is 0 Å². The predicted molar refractivity (Wildman–Crippen MR) is 21.7 cm³/mol. The van der Waals surface area contributed by atoms with Gasteiger partial charge in [-0.1, -0.05) is 12.8 Å². The van der Waals surface area contributed by atoms with Crippen LogP contribution in [0.5, 0.6) is 0 Å². The van der Waals surface area contributed by atoms with Crippen LogP contribution >= 0.6 is 0 Å². The Morgan fingerprint density at radius 2 is 2.33 bits per heavy atom. The Kier molecular flexibility index (Phi) is 3.87. The van der Waals surface area contributed by atoms with Crippen molar-refractivity contribution in [2.45, 2.75) is 19.3 Å². The van der Waals surface area contributed by atoms with Crippen LogP contribution in [-0.2, 0) is 21.1 Å². The molecule has 0 unspecified atom stereocenters. The summed E-state index contributed by atoms with van der Waals surface area (Å²) in [5, 5.41) is 0. The average Bonchev–Trinajstić information content (AvgIpc) is 1.76. The van der Waals surface area contributed by atoms with Gasteiger partial charge in [-0.2, -0.15) is 6.42 Å². The fourth-order valence-corrected chi connectivity index (χ4v) is 0.510. The molecular formula is C5H7W-. The molecule has 0 aromatic carbocycles. The summed E-state index contributed by atoms with van der Waals surface area (Å²) < 4.78 is 0. The second kappa shape index (κ2) is 3.61. The first-order valence-electron chi connectivity index (χ1n) is 2.05. The molecule has 0 saturated carbocycles. The molecule has 0 bridgehead atoms. The van der Waals surface area contributed by atoms with Crippen LogP contribution in [-0.4, -0.2) is 0 Å². The number of rotatable bonds is 0. The van der Waals surface area contributed by atoms with E-state index < -0.39 is 0 Å². The van der Waals surface area contributed by atoms with E-state index in [1.54, 1.807) is 0 Å². The van der Waals surface area contributed by atoms with E-state index in [2.05, 4.69) is 12.2 Å². The van der Waals surface area contributed by atoms with Crippen molar-refractivity contribution >= 4 is 0 Å². The number of hydrogen-bond donors (Lipinski definition) is 0. The minimum atomic E-state index is 0. The smallest absolute Gasteiger partial charge is 0 e. The van der Waals surface area contributed by atoms with Crippen molar-refractivity contribution in [1.29, 1.82) is 0 Å². The molecule has 1 heteroatoms. The molecule has 1 rings (SSSR count). The zero-order valence-corrected chi connectivity index (χ0v) is 6.54. The summed E-state index contributed by atoms with van der Waals surface area (Å²) in [5.74, 6) is 0. The Morgan fingerprint density at radius 1 is 1.50 bits per heavy atom. The standard InChI is InChI=1S/C5H7.W/c1-2-4-5-3-1;/h1H,2,4-5H2;/q-1;. The van der Waals surface area contributed by atoms with Gasteiger partial charge in [-0.05, 0) is 0 Å². The van der Waals surface area contributed by atoms with Gasteiger partial charge in [0.25, 0.3) is 0 Å². The van der Waals surface area contributed by atoms with Crippen molar-refractivity contribution in [1.82, 2.24) is 0 Å². The molecule has 0 aliphatic heterocycles. The molecule has 1 aliphatic rings. The van der Waals surface area contributed by atoms with Gasteiger partial charge >= 0.3 is 0 Å². The third kappa shape index (κ3) is 1.77. The normalized spacial score (nSPS) is 17.3. The molecule has 6 heavy (non-hydrogen) atoms. The van der Waals surface area contributed by atoms with Crippen LogP contribution in [0.3, 0.4) is 0 Å². The Labute approximate surface area is 52.9 Å². The van der Waals surface area contributed by atoms with Gasteiger partial charge in [-0.3, -0.25) is 6.08 Å². The summed E-state index contributed by atoms with van der Waals surface area (Å²) in [6, 6.07) is 0. The van der Waals surface area contributed by atoms with E-state index >= 15 is 0 Å². The van der Waals surface area contributed by atoms with Gasteiger partial charge in [0.05, 0.1) is 0 Å². The summed E-state index contributed by atoms with van der Waals surface area (Å²) in [7, 11) is 0. The first-order valence-corrected chi connectivity index (χ1v) is 2.05. The van der Waals surface area contributed by atoms with Crippen LogP contribution in [0, 0.1) is 6.08 Å². The maximum atomic E-state index is 3.10. The molecule has 0 atom stereocenters. The van der Waals surface area contributed by atoms with E-state index in [0.29, 0.717) is 0 Å². The first kappa shape index (κ1) is 6.43. The van der Waals surface area contributed by atoms with E-state index in [1.807, 2.05) is 0 Å². The van der Waals surface area contributed by atoms with Crippen LogP contribution in [0.4, 0.5) is 0 Å². The van der Waals surface area contributed by atoms with Gasteiger partial charge in [0, 0.05) is 21.1 Å². The summed E-state index contributed by atoms with van der Waals surface area (Å²) >= 11 is 0. The molecule has 0 fully saturated rings. The summed E-state index contributed by atoms with van der Waals surface area (Å²) in [4.78, 5) is 0. The first-order chi connectivity index (χ1) is 2.50. The van der Waals surface area contributed by atoms with Crippen LogP contribution < -0.4 is 0 Å². The summed E-state index contributed by atoms with van der Waals surface area (Å²) in [5.41, 5.74) is 0. The fraction of sp³-hybridized carbons (Fsp3) is 0.600. The molecule has 34 valence electrons. The average molecular weight is 251 g/mol. The maximum Gasteiger partial charge on any atom is 0 e. The van der Waals surface area contributed by atoms with Crippen LogP contribution in [0.1, 0.15) is 19.3 Å². The molecular weight excluding hydrogens is 244 g/mol. The molecule has 0 aromatic heterocycles. The minimum Gasteiger partial charge on any atom is -0.501 e. The molecule has 0 amide bonds. The van der Waals surface area contributed by atoms with Crippen molar-refractivity contribution in [3.05, 3.63) is 12.2 Å². The van der Waals surface area contributed by atoms with E-state index in [9.17, 15) is 0 Å². The Hall–Kier alpha value is 0.428. The van der Waals surface area contributed by atoms with E-state index in [4.69, 9.17) is 0 Å². The van der Waals surface area contributed by atoms with E-state index in [1.165, 1.54) is 19.3 Å². The van der Waals surface area contributed by atoms with E-state index in [0.717, 1.165) is 0 Å². The molecule has 1 aliphatic carbocycles. The quantitative estimate of drug-likeness (QED) is 0.572. The minimum absolute atomic E-state index is 0. The van der Waals surface area contributed by atoms with Crippen molar-refractivity contribution in [3.63, 3.8) is 0 Å². The third-order valence-electron chi connectivity index (χ3n) is 0.814. The van der Waals surface area contributed by atoms with E-state index in [-0.39, 0.29) is 21.1 Å². The number of hydrogen-bond acceptors (Lipinski definition) is 0. The van der Waals surface area contributed by atoms with Gasteiger partial charge in [-0.25, -0.2) is 0 Å². The fourth-order valence-electron chi connectivity index (χ4n) is 0.510. The molecule has 0 aromatic rings. The van der Waals surface area contributed by atoms with Crippen molar-refractivity contribution in [3.8, 4) is 0 Å². The van der Waals surface area contributed by atoms with Crippen LogP contribution in [0.15, 0.2) is 6.08 Å². The Morgan fingerprint density at radius 3 is 2.50 bits per heavy atom. The Balaban J connectivity index is 0.000000250. The summed E-state index contributed by atoms with van der Waals surface area (Å²) in [6.45, 7) is 0. The van der Waals surface area contributed by atoms with Gasteiger partial charge in [-0.15, -0.1) is 0 Å². The van der Waals surface area contributed by atoms with Gasteiger partial charge in [0.15, 0.2) is 0 Å². The maximum absolute atomic E-state index is 3.10. The zero-order chi connectivity index (χ0) is 3.54. The largest absolute Gasteiger partial charge is 0.501 e. The second-order valence-corrected chi connectivity index (χ2v) is 1.30. The monoisotopic (exact) mass is 251 g/mol. The topological polar surface area (TPSA) is 0 Å². The molecule has 0 N–H and O–H groups in total. The molecule has 0 spiro atoms. The molecule has 0 nitrogen and oxygen atoms in total. The third-order valence-corrected chi connectivity index (χ3v) is 0.814. The van der Waals surface area contributed by atoms with Crippen molar-refractivity contribution in [2.75, 3.05) is 0 Å². The molecule has 0 heterocycles.